The van der Waals surface area contributed by atoms with Crippen molar-refractivity contribution in [1.29, 1.82) is 0 Å². The van der Waals surface area contributed by atoms with Crippen LogP contribution in [0.1, 0.15) is 29.4 Å². The summed E-state index contributed by atoms with van der Waals surface area (Å²) in [5.74, 6) is 0.594. The van der Waals surface area contributed by atoms with Gasteiger partial charge in [-0.15, -0.1) is 10.2 Å². The Morgan fingerprint density at radius 2 is 1.81 bits per heavy atom. The molecule has 2 aromatic carbocycles. The van der Waals surface area contributed by atoms with Crippen LogP contribution >= 0.6 is 11.8 Å². The maximum Gasteiger partial charge on any atom is 0.232 e. The lowest BCUT2D eigenvalue weighted by Crippen LogP contribution is -2.24. The van der Waals surface area contributed by atoms with Gasteiger partial charge in [-0.05, 0) is 38.0 Å². The number of carbonyl (C=O) groups excluding carboxylic acids is 2. The summed E-state index contributed by atoms with van der Waals surface area (Å²) in [5, 5.41) is 14.8. The fourth-order valence-corrected chi connectivity index (χ4v) is 3.99. The van der Waals surface area contributed by atoms with E-state index in [2.05, 4.69) is 20.8 Å². The van der Waals surface area contributed by atoms with Gasteiger partial charge in [0.05, 0.1) is 12.2 Å². The van der Waals surface area contributed by atoms with Crippen LogP contribution in [-0.4, -0.2) is 32.3 Å². The van der Waals surface area contributed by atoms with Crippen LogP contribution in [0.3, 0.4) is 0 Å². The lowest BCUT2D eigenvalue weighted by molar-refractivity contribution is -0.118. The van der Waals surface area contributed by atoms with E-state index in [1.165, 1.54) is 11.8 Å². The number of aromatic nitrogens is 3. The number of anilines is 1. The fraction of sp³-hybridized carbons (Fsp3) is 0.304. The van der Waals surface area contributed by atoms with Gasteiger partial charge in [-0.3, -0.25) is 9.59 Å². The number of hydrogen-bond acceptors (Lipinski definition) is 5. The van der Waals surface area contributed by atoms with Crippen molar-refractivity contribution in [2.45, 2.75) is 45.4 Å². The first-order valence-corrected chi connectivity index (χ1v) is 11.2. The van der Waals surface area contributed by atoms with E-state index in [4.69, 9.17) is 0 Å². The predicted octanol–water partition coefficient (Wildman–Crippen LogP) is 3.50. The van der Waals surface area contributed by atoms with E-state index in [0.717, 1.165) is 22.4 Å². The Morgan fingerprint density at radius 3 is 2.52 bits per heavy atom. The zero-order valence-electron chi connectivity index (χ0n) is 18.0. The third-order valence-corrected chi connectivity index (χ3v) is 5.72. The van der Waals surface area contributed by atoms with Gasteiger partial charge < -0.3 is 15.2 Å². The quantitative estimate of drug-likeness (QED) is 0.500. The van der Waals surface area contributed by atoms with E-state index in [-0.39, 0.29) is 24.0 Å². The van der Waals surface area contributed by atoms with E-state index >= 15 is 0 Å². The molecule has 3 rings (SSSR count). The second-order valence-electron chi connectivity index (χ2n) is 7.24. The minimum atomic E-state index is -0.147. The van der Waals surface area contributed by atoms with Crippen molar-refractivity contribution in [3.8, 4) is 0 Å². The third kappa shape index (κ3) is 6.42. The van der Waals surface area contributed by atoms with Gasteiger partial charge in [0.25, 0.3) is 0 Å². The number of aryl methyl sites for hydroxylation is 2. The molecule has 0 spiro atoms. The highest BCUT2D eigenvalue weighted by Crippen LogP contribution is 2.19. The van der Waals surface area contributed by atoms with E-state index in [1.54, 1.807) is 0 Å². The summed E-state index contributed by atoms with van der Waals surface area (Å²) in [6.07, 6.45) is 0.120. The van der Waals surface area contributed by atoms with E-state index in [0.29, 0.717) is 24.1 Å². The Morgan fingerprint density at radius 1 is 1.03 bits per heavy atom. The second-order valence-corrected chi connectivity index (χ2v) is 8.18. The number of benzene rings is 2. The van der Waals surface area contributed by atoms with Crippen LogP contribution in [0.5, 0.6) is 0 Å². The molecular weight excluding hydrogens is 410 g/mol. The van der Waals surface area contributed by atoms with Crippen LogP contribution in [0.2, 0.25) is 0 Å². The van der Waals surface area contributed by atoms with Crippen molar-refractivity contribution in [3.05, 3.63) is 71.0 Å². The fourth-order valence-electron chi connectivity index (χ4n) is 3.14. The Hall–Kier alpha value is -3.13. The Bertz CT molecular complexity index is 1050. The summed E-state index contributed by atoms with van der Waals surface area (Å²) in [7, 11) is 0. The summed E-state index contributed by atoms with van der Waals surface area (Å²) >= 11 is 1.32. The lowest BCUT2D eigenvalue weighted by Gasteiger charge is -2.10. The number of nitrogens with one attached hydrogen (secondary N) is 2. The van der Waals surface area contributed by atoms with Crippen LogP contribution in [0.15, 0.2) is 53.7 Å². The van der Waals surface area contributed by atoms with Crippen molar-refractivity contribution in [2.75, 3.05) is 11.1 Å². The van der Waals surface area contributed by atoms with Gasteiger partial charge in [0.1, 0.15) is 5.82 Å². The van der Waals surface area contributed by atoms with E-state index in [1.807, 2.05) is 73.9 Å². The molecule has 3 aromatic rings. The number of thioether (sulfide) groups is 1. The molecule has 7 nitrogen and oxygen atoms in total. The monoisotopic (exact) mass is 437 g/mol. The molecule has 0 aliphatic rings. The zero-order chi connectivity index (χ0) is 22.2. The van der Waals surface area contributed by atoms with Crippen molar-refractivity contribution in [3.63, 3.8) is 0 Å². The molecular formula is C23H27N5O2S. The highest BCUT2D eigenvalue weighted by molar-refractivity contribution is 7.99. The van der Waals surface area contributed by atoms with Crippen molar-refractivity contribution in [2.24, 2.45) is 0 Å². The molecule has 0 aliphatic heterocycles. The van der Waals surface area contributed by atoms with Crippen molar-refractivity contribution >= 4 is 29.3 Å². The normalized spacial score (nSPS) is 10.7. The van der Waals surface area contributed by atoms with Gasteiger partial charge in [-0.2, -0.15) is 0 Å². The third-order valence-electron chi connectivity index (χ3n) is 4.75. The molecule has 8 heteroatoms. The highest BCUT2D eigenvalue weighted by Gasteiger charge is 2.16. The number of rotatable bonds is 9. The van der Waals surface area contributed by atoms with E-state index in [9.17, 15) is 9.59 Å². The number of nitrogens with zero attached hydrogens (tertiary/aromatic N) is 3. The molecule has 0 radical (unpaired) electrons. The summed E-state index contributed by atoms with van der Waals surface area (Å²) in [4.78, 5) is 24.7. The van der Waals surface area contributed by atoms with Gasteiger partial charge in [-0.25, -0.2) is 0 Å². The summed E-state index contributed by atoms with van der Waals surface area (Å²) in [6.45, 7) is 7.06. The first-order chi connectivity index (χ1) is 15.0. The van der Waals surface area contributed by atoms with Gasteiger partial charge in [0.2, 0.25) is 11.8 Å². The van der Waals surface area contributed by atoms with Gasteiger partial charge >= 0.3 is 0 Å². The predicted molar refractivity (Wildman–Crippen MR) is 123 cm³/mol. The van der Waals surface area contributed by atoms with Gasteiger partial charge in [0.15, 0.2) is 5.16 Å². The molecule has 0 aliphatic carbocycles. The maximum atomic E-state index is 12.5. The number of amides is 2. The van der Waals surface area contributed by atoms with Crippen molar-refractivity contribution < 1.29 is 9.59 Å². The molecule has 0 unspecified atom stereocenters. The molecule has 2 N–H and O–H groups in total. The summed E-state index contributed by atoms with van der Waals surface area (Å²) < 4.78 is 1.87. The minimum Gasteiger partial charge on any atom is -0.351 e. The molecule has 162 valence electrons. The first kappa shape index (κ1) is 22.6. The average Bonchev–Trinajstić information content (AvgIpc) is 3.14. The first-order valence-electron chi connectivity index (χ1n) is 10.2. The summed E-state index contributed by atoms with van der Waals surface area (Å²) in [5.41, 5.74) is 4.01. The van der Waals surface area contributed by atoms with E-state index < -0.39 is 0 Å². The lowest BCUT2D eigenvalue weighted by atomic mass is 10.1. The maximum absolute atomic E-state index is 12.5. The summed E-state index contributed by atoms with van der Waals surface area (Å²) in [6, 6.07) is 15.7. The highest BCUT2D eigenvalue weighted by atomic mass is 32.2. The average molecular weight is 438 g/mol. The molecule has 1 aromatic heterocycles. The van der Waals surface area contributed by atoms with Crippen LogP contribution in [0.25, 0.3) is 0 Å². The van der Waals surface area contributed by atoms with Crippen LogP contribution in [0, 0.1) is 13.8 Å². The van der Waals surface area contributed by atoms with Gasteiger partial charge in [-0.1, -0.05) is 59.8 Å². The Labute approximate surface area is 186 Å². The number of hydrogen-bond donors (Lipinski definition) is 2. The molecule has 31 heavy (non-hydrogen) atoms. The van der Waals surface area contributed by atoms with Crippen LogP contribution in [-0.2, 0) is 29.1 Å². The Balaban J connectivity index is 1.54. The largest absolute Gasteiger partial charge is 0.351 e. The molecule has 2 amide bonds. The van der Waals surface area contributed by atoms with Crippen molar-refractivity contribution in [1.82, 2.24) is 20.1 Å². The Kier molecular flexibility index (Phi) is 7.83. The topological polar surface area (TPSA) is 88.9 Å². The van der Waals surface area contributed by atoms with Crippen LogP contribution in [0.4, 0.5) is 5.69 Å². The molecule has 0 saturated heterocycles. The molecule has 1 heterocycles. The molecule has 0 fully saturated rings. The van der Waals surface area contributed by atoms with Gasteiger partial charge in [0, 0.05) is 18.8 Å². The standard InChI is InChI=1S/C23H27N5O2S/c1-4-28-20(13-21(29)25-19-11-10-16(2)12-17(19)3)26-27-23(28)31-15-22(30)24-14-18-8-6-5-7-9-18/h5-12H,4,13-15H2,1-3H3,(H,24,30)(H,25,29). The molecule has 0 saturated carbocycles. The zero-order valence-corrected chi connectivity index (χ0v) is 18.8. The van der Waals surface area contributed by atoms with Crippen LogP contribution < -0.4 is 10.6 Å². The smallest absolute Gasteiger partial charge is 0.232 e. The second kappa shape index (κ2) is 10.8. The number of carbonyl (C=O) groups is 2. The minimum absolute atomic E-state index is 0.0753. The molecule has 0 atom stereocenters. The molecule has 0 bridgehead atoms. The SMILES string of the molecule is CCn1c(CC(=O)Nc2ccc(C)cc2C)nnc1SCC(=O)NCc1ccccc1.